The highest BCUT2D eigenvalue weighted by molar-refractivity contribution is 6.28. The van der Waals surface area contributed by atoms with Gasteiger partial charge in [0.1, 0.15) is 0 Å². The highest BCUT2D eigenvalue weighted by Crippen LogP contribution is 2.34. The van der Waals surface area contributed by atoms with Crippen LogP contribution in [0.15, 0.2) is 59.5 Å². The van der Waals surface area contributed by atoms with Gasteiger partial charge in [-0.15, -0.1) is 0 Å². The largest absolute Gasteiger partial charge is 0.289 e. The lowest BCUT2D eigenvalue weighted by Gasteiger charge is -1.96. The average molecular weight is 231 g/mol. The molecule has 0 fully saturated rings. The molecule has 4 rings (SSSR count). The number of rotatable bonds is 0. The third-order valence-corrected chi connectivity index (χ3v) is 3.45. The molecule has 0 aliphatic rings. The Kier molecular flexibility index (Phi) is 1.73. The summed E-state index contributed by atoms with van der Waals surface area (Å²) >= 11 is 0. The molecule has 0 amide bonds. The molecule has 0 atom stereocenters. The number of benzene rings is 2. The zero-order chi connectivity index (χ0) is 12.1. The highest BCUT2D eigenvalue weighted by Gasteiger charge is 2.13. The first kappa shape index (κ1) is 9.54. The summed E-state index contributed by atoms with van der Waals surface area (Å²) in [7, 11) is 0. The smallest absolute Gasteiger partial charge is 0.187 e. The van der Waals surface area contributed by atoms with E-state index in [0.29, 0.717) is 0 Å². The molecule has 0 saturated carbocycles. The van der Waals surface area contributed by atoms with E-state index in [1.807, 2.05) is 42.5 Å². The van der Waals surface area contributed by atoms with Crippen LogP contribution in [0.25, 0.3) is 32.4 Å². The standard InChI is InChI=1S/C16H9NO/c18-13-8-7-10-4-3-6-11-14(10)15(13)12-5-1-2-9-17-16(11)12/h1-9H. The third kappa shape index (κ3) is 1.07. The number of aromatic nitrogens is 1. The molecule has 1 heterocycles. The summed E-state index contributed by atoms with van der Waals surface area (Å²) in [6.07, 6.45) is 1.77. The van der Waals surface area contributed by atoms with Gasteiger partial charge in [-0.25, -0.2) is 0 Å². The van der Waals surface area contributed by atoms with Gasteiger partial charge in [-0.2, -0.15) is 0 Å². The van der Waals surface area contributed by atoms with Crippen LogP contribution in [0.4, 0.5) is 0 Å². The molecule has 2 nitrogen and oxygen atoms in total. The maximum absolute atomic E-state index is 12.1. The summed E-state index contributed by atoms with van der Waals surface area (Å²) in [5, 5.41) is 4.94. The van der Waals surface area contributed by atoms with Crippen LogP contribution in [0.5, 0.6) is 0 Å². The van der Waals surface area contributed by atoms with Gasteiger partial charge in [0.05, 0.1) is 5.52 Å². The minimum absolute atomic E-state index is 0.0710. The zero-order valence-corrected chi connectivity index (χ0v) is 9.55. The van der Waals surface area contributed by atoms with Crippen molar-refractivity contribution in [1.29, 1.82) is 0 Å². The SMILES string of the molecule is O=c1ccc2cccc3c4nccccc4c1c23. The predicted molar refractivity (Wildman–Crippen MR) is 74.2 cm³/mol. The summed E-state index contributed by atoms with van der Waals surface area (Å²) < 4.78 is 0. The van der Waals surface area contributed by atoms with Crippen LogP contribution in [0.3, 0.4) is 0 Å². The molecular weight excluding hydrogens is 222 g/mol. The Morgan fingerprint density at radius 3 is 2.56 bits per heavy atom. The number of hydrogen-bond acceptors (Lipinski definition) is 2. The number of nitrogens with zero attached hydrogens (tertiary/aromatic N) is 1. The maximum atomic E-state index is 12.1. The Morgan fingerprint density at radius 1 is 0.778 bits per heavy atom. The van der Waals surface area contributed by atoms with E-state index in [0.717, 1.165) is 32.4 Å². The molecule has 1 aromatic heterocycles. The van der Waals surface area contributed by atoms with Crippen LogP contribution < -0.4 is 5.43 Å². The van der Waals surface area contributed by atoms with Gasteiger partial charge in [0.2, 0.25) is 0 Å². The van der Waals surface area contributed by atoms with E-state index < -0.39 is 0 Å². The van der Waals surface area contributed by atoms with Gasteiger partial charge in [-0.3, -0.25) is 9.78 Å². The van der Waals surface area contributed by atoms with E-state index in [9.17, 15) is 4.79 Å². The van der Waals surface area contributed by atoms with Gasteiger partial charge in [-0.05, 0) is 17.5 Å². The fourth-order valence-corrected chi connectivity index (χ4v) is 2.71. The third-order valence-electron chi connectivity index (χ3n) is 3.45. The summed E-state index contributed by atoms with van der Waals surface area (Å²) in [4.78, 5) is 16.6. The van der Waals surface area contributed by atoms with E-state index in [4.69, 9.17) is 0 Å². The average Bonchev–Trinajstić information content (AvgIpc) is 2.57. The number of fused-ring (bicyclic) bond motifs is 3. The van der Waals surface area contributed by atoms with Crippen LogP contribution in [0.2, 0.25) is 0 Å². The Hall–Kier alpha value is -2.48. The van der Waals surface area contributed by atoms with Crippen LogP contribution in [0.1, 0.15) is 0 Å². The molecule has 2 heteroatoms. The van der Waals surface area contributed by atoms with Crippen molar-refractivity contribution in [2.75, 3.05) is 0 Å². The number of hydrogen-bond donors (Lipinski definition) is 0. The van der Waals surface area contributed by atoms with Crippen molar-refractivity contribution in [3.05, 3.63) is 65.0 Å². The molecule has 0 bridgehead atoms. The summed E-state index contributed by atoms with van der Waals surface area (Å²) in [6.45, 7) is 0. The second-order valence-corrected chi connectivity index (χ2v) is 4.43. The highest BCUT2D eigenvalue weighted by atomic mass is 16.1. The molecule has 18 heavy (non-hydrogen) atoms. The topological polar surface area (TPSA) is 30.0 Å². The molecule has 84 valence electrons. The van der Waals surface area contributed by atoms with Gasteiger partial charge in [-0.1, -0.05) is 36.4 Å². The lowest BCUT2D eigenvalue weighted by atomic mass is 10.1. The molecular formula is C16H9NO. The monoisotopic (exact) mass is 231 g/mol. The minimum Gasteiger partial charge on any atom is -0.289 e. The molecule has 0 unspecified atom stereocenters. The van der Waals surface area contributed by atoms with Gasteiger partial charge < -0.3 is 0 Å². The Morgan fingerprint density at radius 2 is 1.61 bits per heavy atom. The second kappa shape index (κ2) is 3.26. The molecule has 0 N–H and O–H groups in total. The molecule has 0 radical (unpaired) electrons. The van der Waals surface area contributed by atoms with Crippen molar-refractivity contribution in [2.24, 2.45) is 0 Å². The van der Waals surface area contributed by atoms with Crippen LogP contribution in [-0.4, -0.2) is 4.98 Å². The minimum atomic E-state index is 0.0710. The van der Waals surface area contributed by atoms with Crippen LogP contribution >= 0.6 is 0 Å². The quantitative estimate of drug-likeness (QED) is 0.464. The fourth-order valence-electron chi connectivity index (χ4n) is 2.71. The van der Waals surface area contributed by atoms with E-state index in [1.165, 1.54) is 0 Å². The van der Waals surface area contributed by atoms with E-state index in [1.54, 1.807) is 12.3 Å². The van der Waals surface area contributed by atoms with Crippen molar-refractivity contribution >= 4 is 32.4 Å². The molecule has 3 aromatic carbocycles. The van der Waals surface area contributed by atoms with Gasteiger partial charge in [0.15, 0.2) is 5.43 Å². The van der Waals surface area contributed by atoms with Crippen molar-refractivity contribution in [3.63, 3.8) is 0 Å². The molecule has 0 saturated heterocycles. The van der Waals surface area contributed by atoms with Gasteiger partial charge in [0, 0.05) is 27.7 Å². The van der Waals surface area contributed by atoms with Crippen molar-refractivity contribution < 1.29 is 0 Å². The van der Waals surface area contributed by atoms with Crippen molar-refractivity contribution in [3.8, 4) is 0 Å². The van der Waals surface area contributed by atoms with Crippen LogP contribution in [-0.2, 0) is 0 Å². The first-order valence-electron chi connectivity index (χ1n) is 5.88. The molecule has 4 aromatic rings. The van der Waals surface area contributed by atoms with Gasteiger partial charge in [0.25, 0.3) is 0 Å². The Labute approximate surface area is 103 Å². The Balaban J connectivity index is 2.54. The Bertz CT molecular complexity index is 943. The second-order valence-electron chi connectivity index (χ2n) is 4.43. The first-order valence-corrected chi connectivity index (χ1v) is 5.88. The fraction of sp³-hybridized carbons (Fsp3) is 0. The molecule has 0 aliphatic heterocycles. The van der Waals surface area contributed by atoms with Gasteiger partial charge >= 0.3 is 0 Å². The summed E-state index contributed by atoms with van der Waals surface area (Å²) in [5.41, 5.74) is 0.977. The zero-order valence-electron chi connectivity index (χ0n) is 9.55. The normalized spacial score (nSPS) is 11.6. The first-order chi connectivity index (χ1) is 8.86. The summed E-state index contributed by atoms with van der Waals surface area (Å²) in [6, 6.07) is 15.4. The molecule has 0 spiro atoms. The molecule has 0 aliphatic carbocycles. The van der Waals surface area contributed by atoms with E-state index in [2.05, 4.69) is 4.98 Å². The van der Waals surface area contributed by atoms with E-state index >= 15 is 0 Å². The lowest BCUT2D eigenvalue weighted by molar-refractivity contribution is 1.46. The summed E-state index contributed by atoms with van der Waals surface area (Å²) in [5.74, 6) is 0. The maximum Gasteiger partial charge on any atom is 0.187 e. The van der Waals surface area contributed by atoms with Crippen molar-refractivity contribution in [2.45, 2.75) is 0 Å². The van der Waals surface area contributed by atoms with E-state index in [-0.39, 0.29) is 5.43 Å². The van der Waals surface area contributed by atoms with Crippen LogP contribution in [0, 0.1) is 0 Å². The lowest BCUT2D eigenvalue weighted by Crippen LogP contribution is -1.96. The van der Waals surface area contributed by atoms with Crippen molar-refractivity contribution in [1.82, 2.24) is 4.98 Å². The predicted octanol–water partition coefficient (Wildman–Crippen LogP) is 3.34.